The van der Waals surface area contributed by atoms with Crippen LogP contribution in [0.25, 0.3) is 0 Å². The number of carbonyl (C=O) groups excluding carboxylic acids is 2. The van der Waals surface area contributed by atoms with Crippen molar-refractivity contribution in [3.05, 3.63) is 52.6 Å². The van der Waals surface area contributed by atoms with Gasteiger partial charge in [0, 0.05) is 17.2 Å². The van der Waals surface area contributed by atoms with Crippen molar-refractivity contribution in [2.45, 2.75) is 0 Å². The highest BCUT2D eigenvalue weighted by Gasteiger charge is 2.36. The summed E-state index contributed by atoms with van der Waals surface area (Å²) < 4.78 is 10.3. The van der Waals surface area contributed by atoms with E-state index in [0.717, 1.165) is 0 Å². The topological polar surface area (TPSA) is 72.8 Å². The van der Waals surface area contributed by atoms with Gasteiger partial charge in [0.15, 0.2) is 23.1 Å². The zero-order valence-electron chi connectivity index (χ0n) is 11.5. The van der Waals surface area contributed by atoms with Crippen LogP contribution in [-0.4, -0.2) is 30.9 Å². The predicted octanol–water partition coefficient (Wildman–Crippen LogP) is 2.18. The van der Waals surface area contributed by atoms with Gasteiger partial charge < -0.3 is 14.6 Å². The van der Waals surface area contributed by atoms with Crippen molar-refractivity contribution in [1.29, 1.82) is 0 Å². The third kappa shape index (κ3) is 1.71. The van der Waals surface area contributed by atoms with Crippen LogP contribution in [0.5, 0.6) is 17.2 Å². The van der Waals surface area contributed by atoms with Crippen LogP contribution in [0.1, 0.15) is 31.8 Å². The fraction of sp³-hybridized carbons (Fsp3) is 0.125. The molecular formula is C16H12O5. The minimum absolute atomic E-state index is 0.0399. The van der Waals surface area contributed by atoms with Crippen molar-refractivity contribution in [2.24, 2.45) is 0 Å². The van der Waals surface area contributed by atoms with E-state index in [2.05, 4.69) is 0 Å². The van der Waals surface area contributed by atoms with Gasteiger partial charge in [0.05, 0.1) is 25.3 Å². The van der Waals surface area contributed by atoms with Crippen LogP contribution < -0.4 is 9.47 Å². The van der Waals surface area contributed by atoms with Crippen molar-refractivity contribution in [1.82, 2.24) is 0 Å². The van der Waals surface area contributed by atoms with Crippen LogP contribution in [0.3, 0.4) is 0 Å². The minimum atomic E-state index is -0.404. The Morgan fingerprint density at radius 2 is 1.48 bits per heavy atom. The first-order valence-corrected chi connectivity index (χ1v) is 6.26. The number of phenolic OH excluding ortho intramolecular Hbond substituents is 1. The molecule has 0 aliphatic heterocycles. The molecule has 0 radical (unpaired) electrons. The molecule has 106 valence electrons. The largest absolute Gasteiger partial charge is 0.507 e. The highest BCUT2D eigenvalue weighted by atomic mass is 16.5. The van der Waals surface area contributed by atoms with E-state index >= 15 is 0 Å². The average Bonchev–Trinajstić information content (AvgIpc) is 2.51. The second-order valence-electron chi connectivity index (χ2n) is 4.59. The smallest absolute Gasteiger partial charge is 0.198 e. The molecule has 5 heteroatoms. The number of benzene rings is 2. The van der Waals surface area contributed by atoms with Gasteiger partial charge in [-0.1, -0.05) is 24.3 Å². The van der Waals surface area contributed by atoms with Crippen LogP contribution in [0, 0.1) is 0 Å². The summed E-state index contributed by atoms with van der Waals surface area (Å²) in [6, 6.07) is 7.77. The van der Waals surface area contributed by atoms with E-state index < -0.39 is 5.78 Å². The molecule has 3 rings (SSSR count). The van der Waals surface area contributed by atoms with Crippen LogP contribution in [-0.2, 0) is 0 Å². The van der Waals surface area contributed by atoms with E-state index in [0.29, 0.717) is 5.56 Å². The number of hydrogen-bond acceptors (Lipinski definition) is 5. The van der Waals surface area contributed by atoms with Gasteiger partial charge >= 0.3 is 0 Å². The summed E-state index contributed by atoms with van der Waals surface area (Å²) in [4.78, 5) is 25.2. The lowest BCUT2D eigenvalue weighted by molar-refractivity contribution is 0.0973. The number of phenols is 1. The normalized spacial score (nSPS) is 12.7. The fourth-order valence-corrected chi connectivity index (χ4v) is 2.58. The van der Waals surface area contributed by atoms with E-state index in [1.807, 2.05) is 0 Å². The Kier molecular flexibility index (Phi) is 2.90. The molecule has 0 saturated carbocycles. The Labute approximate surface area is 120 Å². The first-order valence-electron chi connectivity index (χ1n) is 6.26. The van der Waals surface area contributed by atoms with Crippen molar-refractivity contribution in [2.75, 3.05) is 14.2 Å². The number of ether oxygens (including phenoxy) is 2. The molecular weight excluding hydrogens is 272 g/mol. The SMILES string of the molecule is COc1cc(O)c2c(c1OC)C(=O)c1ccccc1C2=O. The van der Waals surface area contributed by atoms with Crippen molar-refractivity contribution in [3.63, 3.8) is 0 Å². The predicted molar refractivity (Wildman–Crippen MR) is 74.5 cm³/mol. The number of hydrogen-bond donors (Lipinski definition) is 1. The summed E-state index contributed by atoms with van der Waals surface area (Å²) in [5.41, 5.74) is 0.563. The summed E-state index contributed by atoms with van der Waals surface area (Å²) in [5.74, 6) is -0.715. The highest BCUT2D eigenvalue weighted by molar-refractivity contribution is 6.30. The zero-order valence-corrected chi connectivity index (χ0v) is 11.5. The van der Waals surface area contributed by atoms with Gasteiger partial charge in [-0.05, 0) is 0 Å². The number of methoxy groups -OCH3 is 2. The summed E-state index contributed by atoms with van der Waals surface area (Å²) in [6.45, 7) is 0. The number of aromatic hydroxyl groups is 1. The number of fused-ring (bicyclic) bond motifs is 2. The van der Waals surface area contributed by atoms with Crippen LogP contribution >= 0.6 is 0 Å². The molecule has 0 atom stereocenters. The van der Waals surface area contributed by atoms with E-state index in [4.69, 9.17) is 9.47 Å². The molecule has 5 nitrogen and oxygen atoms in total. The van der Waals surface area contributed by atoms with Crippen molar-refractivity contribution >= 4 is 11.6 Å². The van der Waals surface area contributed by atoms with Gasteiger partial charge in [-0.15, -0.1) is 0 Å². The monoisotopic (exact) mass is 284 g/mol. The Morgan fingerprint density at radius 3 is 2.00 bits per heavy atom. The minimum Gasteiger partial charge on any atom is -0.507 e. The molecule has 0 bridgehead atoms. The first-order chi connectivity index (χ1) is 10.1. The maximum atomic E-state index is 12.7. The molecule has 2 aromatic carbocycles. The number of ketones is 2. The Bertz CT molecular complexity index is 776. The molecule has 0 unspecified atom stereocenters. The first kappa shape index (κ1) is 13.2. The highest BCUT2D eigenvalue weighted by Crippen LogP contribution is 2.43. The Morgan fingerprint density at radius 1 is 0.905 bits per heavy atom. The van der Waals surface area contributed by atoms with Crippen molar-refractivity contribution in [3.8, 4) is 17.2 Å². The summed E-state index contributed by atoms with van der Waals surface area (Å²) >= 11 is 0. The average molecular weight is 284 g/mol. The number of rotatable bonds is 2. The number of carbonyl (C=O) groups is 2. The third-order valence-electron chi connectivity index (χ3n) is 3.52. The molecule has 0 aromatic heterocycles. The molecule has 0 fully saturated rings. The molecule has 1 N–H and O–H groups in total. The molecule has 0 spiro atoms. The quantitative estimate of drug-likeness (QED) is 0.781. The lowest BCUT2D eigenvalue weighted by Gasteiger charge is -2.21. The molecule has 1 aliphatic carbocycles. The maximum Gasteiger partial charge on any atom is 0.198 e. The Balaban J connectivity index is 2.40. The van der Waals surface area contributed by atoms with Gasteiger partial charge in [0.1, 0.15) is 5.75 Å². The second kappa shape index (κ2) is 4.63. The second-order valence-corrected chi connectivity index (χ2v) is 4.59. The van der Waals surface area contributed by atoms with Gasteiger partial charge in [-0.25, -0.2) is 0 Å². The molecule has 1 aliphatic rings. The van der Waals surface area contributed by atoms with E-state index in [1.165, 1.54) is 20.3 Å². The Hall–Kier alpha value is -2.82. The third-order valence-corrected chi connectivity index (χ3v) is 3.52. The lowest BCUT2D eigenvalue weighted by atomic mass is 9.83. The van der Waals surface area contributed by atoms with Gasteiger partial charge in [-0.3, -0.25) is 9.59 Å². The van der Waals surface area contributed by atoms with Gasteiger partial charge in [0.25, 0.3) is 0 Å². The van der Waals surface area contributed by atoms with E-state index in [-0.39, 0.29) is 39.7 Å². The van der Waals surface area contributed by atoms with Crippen molar-refractivity contribution < 1.29 is 24.2 Å². The van der Waals surface area contributed by atoms with Crippen LogP contribution in [0.2, 0.25) is 0 Å². The zero-order chi connectivity index (χ0) is 15.1. The molecule has 0 saturated heterocycles. The molecule has 21 heavy (non-hydrogen) atoms. The summed E-state index contributed by atoms with van der Waals surface area (Å²) in [6.07, 6.45) is 0. The lowest BCUT2D eigenvalue weighted by Crippen LogP contribution is -2.22. The van der Waals surface area contributed by atoms with E-state index in [1.54, 1.807) is 24.3 Å². The van der Waals surface area contributed by atoms with Gasteiger partial charge in [0.2, 0.25) is 0 Å². The standard InChI is InChI=1S/C16H12O5/c1-20-11-7-10(17)12-13(16(11)21-2)15(19)9-6-4-3-5-8(9)14(12)18/h3-7,17H,1-2H3. The van der Waals surface area contributed by atoms with Gasteiger partial charge in [-0.2, -0.15) is 0 Å². The molecule has 2 aromatic rings. The molecule has 0 amide bonds. The van der Waals surface area contributed by atoms with E-state index in [9.17, 15) is 14.7 Å². The fourth-order valence-electron chi connectivity index (χ4n) is 2.58. The summed E-state index contributed by atoms with van der Waals surface area (Å²) in [7, 11) is 2.78. The van der Waals surface area contributed by atoms with Crippen LogP contribution in [0.15, 0.2) is 30.3 Å². The molecule has 0 heterocycles. The van der Waals surface area contributed by atoms with Crippen LogP contribution in [0.4, 0.5) is 0 Å². The summed E-state index contributed by atoms with van der Waals surface area (Å²) in [5, 5.41) is 10.1. The maximum absolute atomic E-state index is 12.7.